The van der Waals surface area contributed by atoms with Gasteiger partial charge in [-0.1, -0.05) is 13.0 Å². The maximum atomic E-state index is 12.3. The highest BCUT2D eigenvalue weighted by Crippen LogP contribution is 2.36. The van der Waals surface area contributed by atoms with Crippen molar-refractivity contribution in [1.82, 2.24) is 4.72 Å². The van der Waals surface area contributed by atoms with Crippen LogP contribution >= 0.6 is 0 Å². The van der Waals surface area contributed by atoms with Crippen molar-refractivity contribution < 1.29 is 18.3 Å². The van der Waals surface area contributed by atoms with Crippen molar-refractivity contribution in [3.05, 3.63) is 23.8 Å². The number of benzene rings is 1. The molecule has 1 aromatic rings. The second kappa shape index (κ2) is 6.11. The highest BCUT2D eigenvalue weighted by Gasteiger charge is 2.29. The third-order valence-corrected chi connectivity index (χ3v) is 5.19. The molecule has 2 rings (SSSR count). The van der Waals surface area contributed by atoms with E-state index in [2.05, 4.69) is 11.6 Å². The minimum atomic E-state index is -3.59. The summed E-state index contributed by atoms with van der Waals surface area (Å²) in [6.45, 7) is 2.35. The average Bonchev–Trinajstić information content (AvgIpc) is 3.28. The SMILES string of the molecule is COc1cc(CO)ccc1S(=O)(=O)NCC(C)C1CC1. The zero-order valence-electron chi connectivity index (χ0n) is 11.8. The average molecular weight is 299 g/mol. The van der Waals surface area contributed by atoms with Crippen molar-refractivity contribution in [2.24, 2.45) is 11.8 Å². The Balaban J connectivity index is 2.15. The Hall–Kier alpha value is -1.11. The van der Waals surface area contributed by atoms with Crippen LogP contribution in [0.2, 0.25) is 0 Å². The Bertz CT molecular complexity index is 567. The number of nitrogens with one attached hydrogen (secondary N) is 1. The van der Waals surface area contributed by atoms with E-state index in [1.807, 2.05) is 0 Å². The monoisotopic (exact) mass is 299 g/mol. The molecular weight excluding hydrogens is 278 g/mol. The van der Waals surface area contributed by atoms with Crippen molar-refractivity contribution in [3.63, 3.8) is 0 Å². The minimum absolute atomic E-state index is 0.111. The molecule has 0 bridgehead atoms. The van der Waals surface area contributed by atoms with Gasteiger partial charge >= 0.3 is 0 Å². The Morgan fingerprint density at radius 2 is 2.15 bits per heavy atom. The Labute approximate surface area is 120 Å². The summed E-state index contributed by atoms with van der Waals surface area (Å²) in [7, 11) is -2.17. The van der Waals surface area contributed by atoms with Gasteiger partial charge in [-0.3, -0.25) is 0 Å². The van der Waals surface area contributed by atoms with E-state index < -0.39 is 10.0 Å². The standard InChI is InChI=1S/C14H21NO4S/c1-10(12-4-5-12)8-15-20(17,18)14-6-3-11(9-16)7-13(14)19-2/h3,6-7,10,12,15-16H,4-5,8-9H2,1-2H3. The molecule has 6 heteroatoms. The summed E-state index contributed by atoms with van der Waals surface area (Å²) < 4.78 is 32.4. The van der Waals surface area contributed by atoms with Crippen LogP contribution in [0.5, 0.6) is 5.75 Å². The van der Waals surface area contributed by atoms with Crippen LogP contribution in [-0.2, 0) is 16.6 Å². The molecule has 5 nitrogen and oxygen atoms in total. The molecule has 0 amide bonds. The summed E-state index contributed by atoms with van der Waals surface area (Å²) in [5, 5.41) is 9.07. The molecule has 112 valence electrons. The summed E-state index contributed by atoms with van der Waals surface area (Å²) in [4.78, 5) is 0.111. The molecule has 0 aromatic heterocycles. The van der Waals surface area contributed by atoms with Crippen LogP contribution in [-0.4, -0.2) is 27.2 Å². The second-order valence-corrected chi connectivity index (χ2v) is 7.05. The van der Waals surface area contributed by atoms with Gasteiger partial charge in [-0.05, 0) is 42.4 Å². The van der Waals surface area contributed by atoms with Gasteiger partial charge in [-0.2, -0.15) is 0 Å². The van der Waals surface area contributed by atoms with Crippen LogP contribution in [0.15, 0.2) is 23.1 Å². The third kappa shape index (κ3) is 3.50. The number of rotatable bonds is 7. The highest BCUT2D eigenvalue weighted by atomic mass is 32.2. The van der Waals surface area contributed by atoms with Crippen molar-refractivity contribution in [2.45, 2.75) is 31.3 Å². The predicted octanol–water partition coefficient (Wildman–Crippen LogP) is 1.51. The van der Waals surface area contributed by atoms with E-state index in [0.29, 0.717) is 23.9 Å². The summed E-state index contributed by atoms with van der Waals surface area (Å²) >= 11 is 0. The van der Waals surface area contributed by atoms with Crippen LogP contribution in [0.25, 0.3) is 0 Å². The zero-order chi connectivity index (χ0) is 14.8. The molecule has 1 unspecified atom stereocenters. The first-order chi connectivity index (χ1) is 9.47. The van der Waals surface area contributed by atoms with Crippen LogP contribution in [0.1, 0.15) is 25.3 Å². The number of hydrogen-bond acceptors (Lipinski definition) is 4. The third-order valence-electron chi connectivity index (χ3n) is 3.72. The van der Waals surface area contributed by atoms with E-state index in [1.165, 1.54) is 26.0 Å². The maximum absolute atomic E-state index is 12.3. The van der Waals surface area contributed by atoms with Gasteiger partial charge < -0.3 is 9.84 Å². The van der Waals surface area contributed by atoms with Crippen molar-refractivity contribution in [1.29, 1.82) is 0 Å². The molecule has 0 heterocycles. The van der Waals surface area contributed by atoms with Crippen molar-refractivity contribution in [2.75, 3.05) is 13.7 Å². The maximum Gasteiger partial charge on any atom is 0.244 e. The molecule has 1 aromatic carbocycles. The molecule has 1 saturated carbocycles. The van der Waals surface area contributed by atoms with Crippen LogP contribution in [0, 0.1) is 11.8 Å². The lowest BCUT2D eigenvalue weighted by Gasteiger charge is -2.14. The summed E-state index contributed by atoms with van der Waals surface area (Å²) in [5.41, 5.74) is 0.618. The van der Waals surface area contributed by atoms with Gasteiger partial charge in [0, 0.05) is 6.54 Å². The quantitative estimate of drug-likeness (QED) is 0.800. The van der Waals surface area contributed by atoms with Gasteiger partial charge in [0.1, 0.15) is 10.6 Å². The van der Waals surface area contributed by atoms with E-state index >= 15 is 0 Å². The van der Waals surface area contributed by atoms with Gasteiger partial charge in [-0.15, -0.1) is 0 Å². The molecule has 1 fully saturated rings. The van der Waals surface area contributed by atoms with Crippen molar-refractivity contribution in [3.8, 4) is 5.75 Å². The normalized spacial score (nSPS) is 16.9. The number of aliphatic hydroxyl groups is 1. The molecule has 1 atom stereocenters. The fourth-order valence-corrected chi connectivity index (χ4v) is 3.48. The first-order valence-corrected chi connectivity index (χ1v) is 8.23. The lowest BCUT2D eigenvalue weighted by molar-refractivity contribution is 0.280. The summed E-state index contributed by atoms with van der Waals surface area (Å²) in [6.07, 6.45) is 2.38. The molecular formula is C14H21NO4S. The molecule has 0 radical (unpaired) electrons. The molecule has 0 spiro atoms. The molecule has 2 N–H and O–H groups in total. The number of aliphatic hydroxyl groups excluding tert-OH is 1. The number of sulfonamides is 1. The predicted molar refractivity (Wildman–Crippen MR) is 76.0 cm³/mol. The number of ether oxygens (including phenoxy) is 1. The minimum Gasteiger partial charge on any atom is -0.495 e. The largest absolute Gasteiger partial charge is 0.495 e. The van der Waals surface area contributed by atoms with Crippen LogP contribution in [0.3, 0.4) is 0 Å². The summed E-state index contributed by atoms with van der Waals surface area (Å²) in [6, 6.07) is 4.59. The molecule has 20 heavy (non-hydrogen) atoms. The van der Waals surface area contributed by atoms with E-state index in [1.54, 1.807) is 12.1 Å². The molecule has 1 aliphatic rings. The Kier molecular flexibility index (Phi) is 4.67. The topological polar surface area (TPSA) is 75.6 Å². The zero-order valence-corrected chi connectivity index (χ0v) is 12.6. The van der Waals surface area contributed by atoms with Gasteiger partial charge in [0.05, 0.1) is 13.7 Å². The van der Waals surface area contributed by atoms with Gasteiger partial charge in [0.2, 0.25) is 10.0 Å². The van der Waals surface area contributed by atoms with Crippen LogP contribution in [0.4, 0.5) is 0 Å². The molecule has 0 saturated heterocycles. The summed E-state index contributed by atoms with van der Waals surface area (Å²) in [5.74, 6) is 1.26. The van der Waals surface area contributed by atoms with E-state index in [9.17, 15) is 8.42 Å². The lowest BCUT2D eigenvalue weighted by atomic mass is 10.1. The number of methoxy groups -OCH3 is 1. The Morgan fingerprint density at radius 1 is 1.45 bits per heavy atom. The number of hydrogen-bond donors (Lipinski definition) is 2. The smallest absolute Gasteiger partial charge is 0.244 e. The van der Waals surface area contributed by atoms with Crippen LogP contribution < -0.4 is 9.46 Å². The molecule has 1 aliphatic carbocycles. The first kappa shape index (κ1) is 15.3. The molecule has 0 aliphatic heterocycles. The van der Waals surface area contributed by atoms with Gasteiger partial charge in [0.15, 0.2) is 0 Å². The fourth-order valence-electron chi connectivity index (χ4n) is 2.18. The van der Waals surface area contributed by atoms with Gasteiger partial charge in [-0.25, -0.2) is 13.1 Å². The highest BCUT2D eigenvalue weighted by molar-refractivity contribution is 7.89. The fraction of sp³-hybridized carbons (Fsp3) is 0.571. The second-order valence-electron chi connectivity index (χ2n) is 5.31. The van der Waals surface area contributed by atoms with Crippen molar-refractivity contribution >= 4 is 10.0 Å². The Morgan fingerprint density at radius 3 is 2.70 bits per heavy atom. The van der Waals surface area contributed by atoms with E-state index in [-0.39, 0.29) is 17.3 Å². The lowest BCUT2D eigenvalue weighted by Crippen LogP contribution is -2.29. The van der Waals surface area contributed by atoms with E-state index in [4.69, 9.17) is 9.84 Å². The van der Waals surface area contributed by atoms with E-state index in [0.717, 1.165) is 0 Å². The van der Waals surface area contributed by atoms with Gasteiger partial charge in [0.25, 0.3) is 0 Å². The first-order valence-electron chi connectivity index (χ1n) is 6.75.